The molecule has 0 aliphatic carbocycles. The van der Waals surface area contributed by atoms with Crippen molar-refractivity contribution in [3.8, 4) is 5.75 Å². The molecule has 8 heteroatoms. The van der Waals surface area contributed by atoms with Crippen LogP contribution >= 0.6 is 0 Å². The molecular formula is C20H25N5O3. The second-order valence-electron chi connectivity index (χ2n) is 6.47. The monoisotopic (exact) mass is 383 g/mol. The van der Waals surface area contributed by atoms with E-state index >= 15 is 0 Å². The number of non-ortho nitro benzene ring substituents is 1. The van der Waals surface area contributed by atoms with Crippen LogP contribution in [0.1, 0.15) is 5.56 Å². The molecule has 0 atom stereocenters. The number of guanidine groups is 1. The third-order valence-corrected chi connectivity index (χ3v) is 4.81. The van der Waals surface area contributed by atoms with Crippen LogP contribution in [0.25, 0.3) is 0 Å². The number of aliphatic imine (C=N–C) groups is 1. The van der Waals surface area contributed by atoms with E-state index in [0.29, 0.717) is 6.54 Å². The van der Waals surface area contributed by atoms with E-state index in [-0.39, 0.29) is 5.69 Å². The van der Waals surface area contributed by atoms with E-state index in [1.165, 1.54) is 12.1 Å². The SMILES string of the molecule is CN=C(NCc1ccc([N+](=O)[O-])cc1)N1CCN(c2ccccc2OC)CC1. The Hall–Kier alpha value is -3.29. The number of nitro benzene ring substituents is 1. The van der Waals surface area contributed by atoms with Crippen LogP contribution in [0, 0.1) is 10.1 Å². The number of hydrogen-bond donors (Lipinski definition) is 1. The Kier molecular flexibility index (Phi) is 6.31. The van der Waals surface area contributed by atoms with Crippen LogP contribution in [0.2, 0.25) is 0 Å². The van der Waals surface area contributed by atoms with Gasteiger partial charge in [0.1, 0.15) is 5.75 Å². The lowest BCUT2D eigenvalue weighted by atomic mass is 10.2. The average Bonchev–Trinajstić information content (AvgIpc) is 2.75. The topological polar surface area (TPSA) is 83.2 Å². The molecule has 0 amide bonds. The molecule has 2 aromatic carbocycles. The van der Waals surface area contributed by atoms with Gasteiger partial charge in [0.2, 0.25) is 0 Å². The van der Waals surface area contributed by atoms with Crippen molar-refractivity contribution in [3.63, 3.8) is 0 Å². The van der Waals surface area contributed by atoms with Gasteiger partial charge in [-0.05, 0) is 17.7 Å². The standard InChI is InChI=1S/C20H25N5O3/c1-21-20(22-15-16-7-9-17(10-8-16)25(26)27)24-13-11-23(12-14-24)18-5-3-4-6-19(18)28-2/h3-10H,11-15H2,1-2H3,(H,21,22). The van der Waals surface area contributed by atoms with Gasteiger partial charge in [0, 0.05) is 51.9 Å². The first-order valence-corrected chi connectivity index (χ1v) is 9.19. The fraction of sp³-hybridized carbons (Fsp3) is 0.350. The van der Waals surface area contributed by atoms with Gasteiger partial charge in [-0.15, -0.1) is 0 Å². The molecule has 1 saturated heterocycles. The molecule has 0 unspecified atom stereocenters. The van der Waals surface area contributed by atoms with E-state index in [2.05, 4.69) is 26.2 Å². The Morgan fingerprint density at radius 2 is 1.82 bits per heavy atom. The van der Waals surface area contributed by atoms with Gasteiger partial charge in [-0.1, -0.05) is 24.3 Å². The van der Waals surface area contributed by atoms with Gasteiger partial charge in [0.25, 0.3) is 5.69 Å². The first kappa shape index (κ1) is 19.5. The van der Waals surface area contributed by atoms with Crippen molar-refractivity contribution >= 4 is 17.3 Å². The van der Waals surface area contributed by atoms with Gasteiger partial charge in [-0.2, -0.15) is 0 Å². The number of anilines is 1. The molecule has 0 spiro atoms. The lowest BCUT2D eigenvalue weighted by Crippen LogP contribution is -2.52. The number of nitro groups is 1. The normalized spacial score (nSPS) is 14.7. The molecule has 1 aliphatic rings. The van der Waals surface area contributed by atoms with Gasteiger partial charge in [-0.3, -0.25) is 15.1 Å². The van der Waals surface area contributed by atoms with Gasteiger partial charge in [-0.25, -0.2) is 0 Å². The second-order valence-corrected chi connectivity index (χ2v) is 6.47. The van der Waals surface area contributed by atoms with Crippen molar-refractivity contribution in [1.82, 2.24) is 10.2 Å². The summed E-state index contributed by atoms with van der Waals surface area (Å²) in [5, 5.41) is 14.1. The van der Waals surface area contributed by atoms with Crippen molar-refractivity contribution in [2.45, 2.75) is 6.54 Å². The number of ether oxygens (including phenoxy) is 1. The van der Waals surface area contributed by atoms with E-state index < -0.39 is 4.92 Å². The first-order valence-electron chi connectivity index (χ1n) is 9.19. The van der Waals surface area contributed by atoms with E-state index in [1.54, 1.807) is 26.3 Å². The number of para-hydroxylation sites is 2. The van der Waals surface area contributed by atoms with Gasteiger partial charge < -0.3 is 19.9 Å². The third kappa shape index (κ3) is 4.51. The van der Waals surface area contributed by atoms with Gasteiger partial charge in [0.05, 0.1) is 17.7 Å². The summed E-state index contributed by atoms with van der Waals surface area (Å²) in [5.41, 5.74) is 2.18. The van der Waals surface area contributed by atoms with Crippen molar-refractivity contribution in [2.24, 2.45) is 4.99 Å². The molecule has 0 bridgehead atoms. The number of benzene rings is 2. The summed E-state index contributed by atoms with van der Waals surface area (Å²) in [4.78, 5) is 19.3. The molecule has 1 aliphatic heterocycles. The van der Waals surface area contributed by atoms with E-state index in [9.17, 15) is 10.1 Å². The molecule has 1 N–H and O–H groups in total. The number of piperazine rings is 1. The average molecular weight is 383 g/mol. The predicted molar refractivity (Wildman–Crippen MR) is 110 cm³/mol. The fourth-order valence-corrected chi connectivity index (χ4v) is 3.30. The molecule has 148 valence electrons. The van der Waals surface area contributed by atoms with Crippen LogP contribution in [0.5, 0.6) is 5.75 Å². The lowest BCUT2D eigenvalue weighted by Gasteiger charge is -2.38. The Morgan fingerprint density at radius 1 is 1.14 bits per heavy atom. The minimum Gasteiger partial charge on any atom is -0.495 e. The molecule has 0 aromatic heterocycles. The maximum atomic E-state index is 10.8. The quantitative estimate of drug-likeness (QED) is 0.370. The van der Waals surface area contributed by atoms with Crippen molar-refractivity contribution in [3.05, 3.63) is 64.2 Å². The number of nitrogens with zero attached hydrogens (tertiary/aromatic N) is 4. The zero-order valence-corrected chi connectivity index (χ0v) is 16.2. The minimum atomic E-state index is -0.392. The highest BCUT2D eigenvalue weighted by Gasteiger charge is 2.21. The highest BCUT2D eigenvalue weighted by molar-refractivity contribution is 5.80. The number of rotatable bonds is 5. The molecule has 0 saturated carbocycles. The van der Waals surface area contributed by atoms with E-state index in [4.69, 9.17) is 4.74 Å². The van der Waals surface area contributed by atoms with Gasteiger partial charge in [0.15, 0.2) is 5.96 Å². The Labute approximate surface area is 164 Å². The highest BCUT2D eigenvalue weighted by atomic mass is 16.6. The van der Waals surface area contributed by atoms with Crippen molar-refractivity contribution < 1.29 is 9.66 Å². The number of nitrogens with one attached hydrogen (secondary N) is 1. The maximum Gasteiger partial charge on any atom is 0.269 e. The van der Waals surface area contributed by atoms with Crippen molar-refractivity contribution in [1.29, 1.82) is 0 Å². The molecule has 2 aromatic rings. The van der Waals surface area contributed by atoms with Crippen LogP contribution in [-0.2, 0) is 6.54 Å². The van der Waals surface area contributed by atoms with Crippen LogP contribution in [-0.4, -0.2) is 56.1 Å². The number of methoxy groups -OCH3 is 1. The molecule has 1 fully saturated rings. The maximum absolute atomic E-state index is 10.8. The second kappa shape index (κ2) is 9.07. The highest BCUT2D eigenvalue weighted by Crippen LogP contribution is 2.28. The van der Waals surface area contributed by atoms with Crippen LogP contribution in [0.4, 0.5) is 11.4 Å². The summed E-state index contributed by atoms with van der Waals surface area (Å²) >= 11 is 0. The van der Waals surface area contributed by atoms with E-state index in [0.717, 1.165) is 49.1 Å². The first-order chi connectivity index (χ1) is 13.6. The summed E-state index contributed by atoms with van der Waals surface area (Å²) in [5.74, 6) is 1.72. The molecule has 8 nitrogen and oxygen atoms in total. The Bertz CT molecular complexity index is 830. The Morgan fingerprint density at radius 3 is 2.43 bits per heavy atom. The minimum absolute atomic E-state index is 0.0978. The van der Waals surface area contributed by atoms with Crippen LogP contribution in [0.3, 0.4) is 0 Å². The summed E-state index contributed by atoms with van der Waals surface area (Å²) in [6.45, 7) is 4.00. The number of hydrogen-bond acceptors (Lipinski definition) is 5. The summed E-state index contributed by atoms with van der Waals surface area (Å²) in [6, 6.07) is 14.6. The Balaban J connectivity index is 1.55. The van der Waals surface area contributed by atoms with Crippen LogP contribution in [0.15, 0.2) is 53.5 Å². The molecule has 28 heavy (non-hydrogen) atoms. The van der Waals surface area contributed by atoms with E-state index in [1.807, 2.05) is 18.2 Å². The summed E-state index contributed by atoms with van der Waals surface area (Å²) in [7, 11) is 3.46. The zero-order chi connectivity index (χ0) is 19.9. The van der Waals surface area contributed by atoms with Crippen LogP contribution < -0.4 is 15.0 Å². The predicted octanol–water partition coefficient (Wildman–Crippen LogP) is 2.50. The lowest BCUT2D eigenvalue weighted by molar-refractivity contribution is -0.384. The largest absolute Gasteiger partial charge is 0.495 e. The molecule has 1 heterocycles. The smallest absolute Gasteiger partial charge is 0.269 e. The van der Waals surface area contributed by atoms with Gasteiger partial charge >= 0.3 is 0 Å². The zero-order valence-electron chi connectivity index (χ0n) is 16.2. The third-order valence-electron chi connectivity index (χ3n) is 4.81. The molecule has 0 radical (unpaired) electrons. The molecular weight excluding hydrogens is 358 g/mol. The van der Waals surface area contributed by atoms with Crippen molar-refractivity contribution in [2.75, 3.05) is 45.2 Å². The summed E-state index contributed by atoms with van der Waals surface area (Å²) < 4.78 is 5.47. The summed E-state index contributed by atoms with van der Waals surface area (Å²) in [6.07, 6.45) is 0. The molecule has 3 rings (SSSR count). The fourth-order valence-electron chi connectivity index (χ4n) is 3.30.